The number of hydrogen-bond acceptors (Lipinski definition) is 5. The topological polar surface area (TPSA) is 71.0 Å². The zero-order chi connectivity index (χ0) is 19.4. The van der Waals surface area contributed by atoms with Gasteiger partial charge in [0.25, 0.3) is 0 Å². The molecule has 0 aliphatic carbocycles. The summed E-state index contributed by atoms with van der Waals surface area (Å²) in [6.07, 6.45) is 0. The minimum Gasteiger partial charge on any atom is -0.489 e. The summed E-state index contributed by atoms with van der Waals surface area (Å²) in [6.45, 7) is 3.25. The van der Waals surface area contributed by atoms with Crippen LogP contribution >= 0.6 is 27.7 Å². The molecule has 0 saturated carbocycles. The van der Waals surface area contributed by atoms with Gasteiger partial charge in [-0.2, -0.15) is 0 Å². The van der Waals surface area contributed by atoms with Crippen LogP contribution in [0, 0.1) is 0 Å². The van der Waals surface area contributed by atoms with Crippen LogP contribution < -0.4 is 10.1 Å². The molecule has 1 aliphatic heterocycles. The highest BCUT2D eigenvalue weighted by Crippen LogP contribution is 2.43. The normalized spacial score (nSPS) is 16.0. The van der Waals surface area contributed by atoms with Gasteiger partial charge in [0.15, 0.2) is 5.17 Å². The Labute approximate surface area is 170 Å². The van der Waals surface area contributed by atoms with Gasteiger partial charge >= 0.3 is 0 Å². The molecular formula is C19H18BrN3O3S. The number of carbonyl (C=O) groups excluding carboxylic acids is 2. The molecule has 0 radical (unpaired) electrons. The maximum atomic E-state index is 12.1. The van der Waals surface area contributed by atoms with E-state index >= 15 is 0 Å². The van der Waals surface area contributed by atoms with Crippen LogP contribution in [0.4, 0.5) is 0 Å². The second-order valence-electron chi connectivity index (χ2n) is 5.88. The fourth-order valence-corrected chi connectivity index (χ4v) is 4.08. The highest BCUT2D eigenvalue weighted by molar-refractivity contribution is 9.10. The van der Waals surface area contributed by atoms with Crippen LogP contribution in [-0.2, 0) is 16.2 Å². The summed E-state index contributed by atoms with van der Waals surface area (Å²) in [5.41, 5.74) is 1.84. The van der Waals surface area contributed by atoms with Crippen LogP contribution in [-0.4, -0.2) is 22.0 Å². The first-order chi connectivity index (χ1) is 12.9. The summed E-state index contributed by atoms with van der Waals surface area (Å²) < 4.78 is 6.89. The van der Waals surface area contributed by atoms with Crippen LogP contribution in [0.3, 0.4) is 0 Å². The lowest BCUT2D eigenvalue weighted by Crippen LogP contribution is -2.25. The largest absolute Gasteiger partial charge is 0.489 e. The Morgan fingerprint density at radius 1 is 1.22 bits per heavy atom. The SMILES string of the molecule is CC(=O)NC1=NN(C(C)=O)C(c2cc(Br)ccc2OCc2ccccc2)S1. The molecule has 1 aliphatic rings. The van der Waals surface area contributed by atoms with Gasteiger partial charge in [0, 0.05) is 23.9 Å². The van der Waals surface area contributed by atoms with E-state index in [9.17, 15) is 9.59 Å². The van der Waals surface area contributed by atoms with Crippen molar-refractivity contribution in [1.29, 1.82) is 0 Å². The first-order valence-corrected chi connectivity index (χ1v) is 9.90. The summed E-state index contributed by atoms with van der Waals surface area (Å²) in [7, 11) is 0. The van der Waals surface area contributed by atoms with Gasteiger partial charge in [-0.05, 0) is 23.8 Å². The van der Waals surface area contributed by atoms with Crippen LogP contribution in [0.1, 0.15) is 30.3 Å². The lowest BCUT2D eigenvalue weighted by atomic mass is 10.2. The number of thioether (sulfide) groups is 1. The first-order valence-electron chi connectivity index (χ1n) is 8.23. The van der Waals surface area contributed by atoms with E-state index in [0.29, 0.717) is 17.5 Å². The second-order valence-corrected chi connectivity index (χ2v) is 7.86. The Hall–Kier alpha value is -2.32. The lowest BCUT2D eigenvalue weighted by Gasteiger charge is -2.22. The van der Waals surface area contributed by atoms with E-state index in [1.807, 2.05) is 48.5 Å². The highest BCUT2D eigenvalue weighted by atomic mass is 79.9. The monoisotopic (exact) mass is 447 g/mol. The van der Waals surface area contributed by atoms with Crippen LogP contribution in [0.25, 0.3) is 0 Å². The number of rotatable bonds is 4. The lowest BCUT2D eigenvalue weighted by molar-refractivity contribution is -0.129. The number of hydrogen-bond donors (Lipinski definition) is 1. The zero-order valence-corrected chi connectivity index (χ0v) is 17.2. The molecule has 140 valence electrons. The molecule has 0 bridgehead atoms. The van der Waals surface area contributed by atoms with Gasteiger partial charge < -0.3 is 10.1 Å². The molecule has 8 heteroatoms. The second kappa shape index (κ2) is 8.58. The standard InChI is InChI=1S/C19H18BrN3O3S/c1-12(24)21-19-22-23(13(2)25)18(27-19)16-10-15(20)8-9-17(16)26-11-14-6-4-3-5-7-14/h3-10,18H,11H2,1-2H3,(H,21,22,24). The van der Waals surface area contributed by atoms with E-state index in [4.69, 9.17) is 4.74 Å². The highest BCUT2D eigenvalue weighted by Gasteiger charge is 2.34. The van der Waals surface area contributed by atoms with E-state index in [2.05, 4.69) is 26.3 Å². The Balaban J connectivity index is 1.87. The van der Waals surface area contributed by atoms with Gasteiger partial charge in [0.1, 0.15) is 17.7 Å². The number of nitrogens with zero attached hydrogens (tertiary/aromatic N) is 2. The molecule has 0 saturated heterocycles. The predicted octanol–water partition coefficient (Wildman–Crippen LogP) is 4.03. The predicted molar refractivity (Wildman–Crippen MR) is 109 cm³/mol. The van der Waals surface area contributed by atoms with Gasteiger partial charge in [-0.15, -0.1) is 5.10 Å². The van der Waals surface area contributed by atoms with Crippen LogP contribution in [0.15, 0.2) is 58.1 Å². The number of amides is 2. The Morgan fingerprint density at radius 2 is 1.96 bits per heavy atom. The van der Waals surface area contributed by atoms with Crippen molar-refractivity contribution in [2.75, 3.05) is 0 Å². The molecule has 2 aromatic carbocycles. The van der Waals surface area contributed by atoms with E-state index in [1.165, 1.54) is 30.6 Å². The van der Waals surface area contributed by atoms with Crippen molar-refractivity contribution in [2.24, 2.45) is 5.10 Å². The third-order valence-corrected chi connectivity index (χ3v) is 5.30. The summed E-state index contributed by atoms with van der Waals surface area (Å²) in [5, 5.41) is 8.20. The van der Waals surface area contributed by atoms with Gasteiger partial charge in [-0.1, -0.05) is 58.0 Å². The molecule has 1 heterocycles. The fourth-order valence-electron chi connectivity index (χ4n) is 2.54. The maximum Gasteiger partial charge on any atom is 0.241 e. The van der Waals surface area contributed by atoms with Crippen LogP contribution in [0.5, 0.6) is 5.75 Å². The van der Waals surface area contributed by atoms with Crippen molar-refractivity contribution in [3.63, 3.8) is 0 Å². The third-order valence-electron chi connectivity index (χ3n) is 3.72. The fraction of sp³-hybridized carbons (Fsp3) is 0.211. The van der Waals surface area contributed by atoms with E-state index in [1.54, 1.807) is 0 Å². The summed E-state index contributed by atoms with van der Waals surface area (Å²) in [6, 6.07) is 15.5. The van der Waals surface area contributed by atoms with E-state index < -0.39 is 5.37 Å². The maximum absolute atomic E-state index is 12.1. The average Bonchev–Trinajstić information content (AvgIpc) is 3.04. The number of amidine groups is 1. The average molecular weight is 448 g/mol. The third kappa shape index (κ3) is 4.90. The molecule has 1 unspecified atom stereocenters. The zero-order valence-electron chi connectivity index (χ0n) is 14.8. The van der Waals surface area contributed by atoms with E-state index in [-0.39, 0.29) is 11.8 Å². The first kappa shape index (κ1) is 19.4. The summed E-state index contributed by atoms with van der Waals surface area (Å²) in [4.78, 5) is 23.4. The van der Waals surface area contributed by atoms with Crippen molar-refractivity contribution in [1.82, 2.24) is 10.3 Å². The molecule has 0 aromatic heterocycles. The van der Waals surface area contributed by atoms with Gasteiger partial charge in [-0.25, -0.2) is 5.01 Å². The van der Waals surface area contributed by atoms with Gasteiger partial charge in [-0.3, -0.25) is 9.59 Å². The smallest absolute Gasteiger partial charge is 0.241 e. The summed E-state index contributed by atoms with van der Waals surface area (Å²) >= 11 is 4.77. The van der Waals surface area contributed by atoms with Gasteiger partial charge in [0.2, 0.25) is 11.8 Å². The number of benzene rings is 2. The van der Waals surface area contributed by atoms with E-state index in [0.717, 1.165) is 15.6 Å². The molecule has 1 N–H and O–H groups in total. The van der Waals surface area contributed by atoms with Crippen molar-refractivity contribution in [3.05, 3.63) is 64.1 Å². The Bertz CT molecular complexity index is 889. The van der Waals surface area contributed by atoms with Crippen LogP contribution in [0.2, 0.25) is 0 Å². The number of hydrazone groups is 1. The number of carbonyl (C=O) groups is 2. The molecule has 2 aromatic rings. The Kier molecular flexibility index (Phi) is 6.18. The minimum absolute atomic E-state index is 0.221. The molecule has 27 heavy (non-hydrogen) atoms. The molecule has 1 atom stereocenters. The minimum atomic E-state index is -0.423. The quantitative estimate of drug-likeness (QED) is 0.767. The number of nitrogens with one attached hydrogen (secondary N) is 1. The molecule has 6 nitrogen and oxygen atoms in total. The molecular weight excluding hydrogens is 430 g/mol. The molecule has 3 rings (SSSR count). The van der Waals surface area contributed by atoms with Crippen molar-refractivity contribution < 1.29 is 14.3 Å². The van der Waals surface area contributed by atoms with Crippen molar-refractivity contribution in [3.8, 4) is 5.75 Å². The summed E-state index contributed by atoms with van der Waals surface area (Å²) in [5.74, 6) is 0.201. The van der Waals surface area contributed by atoms with Crippen molar-refractivity contribution >= 4 is 44.7 Å². The molecule has 0 fully saturated rings. The number of ether oxygens (including phenoxy) is 1. The number of halogens is 1. The molecule has 0 spiro atoms. The van der Waals surface area contributed by atoms with Gasteiger partial charge in [0.05, 0.1) is 0 Å². The van der Waals surface area contributed by atoms with Crippen molar-refractivity contribution in [2.45, 2.75) is 25.8 Å². The molecule has 2 amide bonds. The Morgan fingerprint density at radius 3 is 2.63 bits per heavy atom.